The molecule has 0 saturated heterocycles. The molecule has 6 heteroatoms. The quantitative estimate of drug-likeness (QED) is 0.888. The number of rotatable bonds is 4. The molecular formula is C14H22BrNO3S. The molecule has 1 aromatic rings. The summed E-state index contributed by atoms with van der Waals surface area (Å²) in [6.07, 6.45) is 0.183. The van der Waals surface area contributed by atoms with Crippen LogP contribution in [0.25, 0.3) is 0 Å². The molecule has 0 bridgehead atoms. The number of halogens is 1. The average molecular weight is 364 g/mol. The molecule has 1 unspecified atom stereocenters. The van der Waals surface area contributed by atoms with Crippen molar-refractivity contribution in [1.29, 1.82) is 0 Å². The van der Waals surface area contributed by atoms with Crippen LogP contribution in [0.3, 0.4) is 0 Å². The molecule has 1 heterocycles. The number of ether oxygens (including phenoxy) is 1. The predicted molar refractivity (Wildman–Crippen MR) is 85.3 cm³/mol. The number of aliphatic hydroxyl groups excluding tert-OH is 1. The van der Waals surface area contributed by atoms with E-state index < -0.39 is 11.7 Å². The summed E-state index contributed by atoms with van der Waals surface area (Å²) in [5, 5.41) is 11.6. The summed E-state index contributed by atoms with van der Waals surface area (Å²) in [4.78, 5) is 13.5. The molecular weight excluding hydrogens is 342 g/mol. The first-order chi connectivity index (χ1) is 9.15. The van der Waals surface area contributed by atoms with Crippen molar-refractivity contribution in [2.75, 3.05) is 13.7 Å². The first kappa shape index (κ1) is 17.5. The number of aryl methyl sites for hydroxylation is 1. The fraction of sp³-hybridized carbons (Fsp3) is 0.643. The Balaban J connectivity index is 2.78. The minimum absolute atomic E-state index is 0.0997. The molecule has 0 aliphatic heterocycles. The first-order valence-electron chi connectivity index (χ1n) is 6.45. The lowest BCUT2D eigenvalue weighted by Gasteiger charge is -2.30. The van der Waals surface area contributed by atoms with Crippen LogP contribution < -0.4 is 0 Å². The summed E-state index contributed by atoms with van der Waals surface area (Å²) >= 11 is 5.13. The fourth-order valence-electron chi connectivity index (χ4n) is 1.72. The van der Waals surface area contributed by atoms with Gasteiger partial charge in [-0.05, 0) is 66.6 Å². The first-order valence-corrected chi connectivity index (χ1v) is 8.12. The average Bonchev–Trinajstić information content (AvgIpc) is 2.63. The molecule has 1 N–H and O–H groups in total. The molecule has 0 aliphatic carbocycles. The van der Waals surface area contributed by atoms with Gasteiger partial charge in [0.15, 0.2) is 0 Å². The number of hydrogen-bond acceptors (Lipinski definition) is 4. The smallest absolute Gasteiger partial charge is 0.410 e. The van der Waals surface area contributed by atoms with Crippen LogP contribution in [0.1, 0.15) is 31.9 Å². The van der Waals surface area contributed by atoms with Gasteiger partial charge in [0, 0.05) is 7.05 Å². The van der Waals surface area contributed by atoms with E-state index in [1.807, 2.05) is 27.7 Å². The number of thiophene rings is 1. The van der Waals surface area contributed by atoms with Gasteiger partial charge in [0.1, 0.15) is 5.60 Å². The van der Waals surface area contributed by atoms with Crippen molar-refractivity contribution in [3.8, 4) is 0 Å². The maximum atomic E-state index is 12.0. The molecule has 1 atom stereocenters. The molecule has 20 heavy (non-hydrogen) atoms. The lowest BCUT2D eigenvalue weighted by atomic mass is 10.1. The Morgan fingerprint density at radius 3 is 2.55 bits per heavy atom. The van der Waals surface area contributed by atoms with E-state index in [4.69, 9.17) is 4.74 Å². The molecule has 0 radical (unpaired) electrons. The summed E-state index contributed by atoms with van der Waals surface area (Å²) in [5.41, 5.74) is 1.76. The van der Waals surface area contributed by atoms with E-state index in [1.165, 1.54) is 4.90 Å². The van der Waals surface area contributed by atoms with E-state index in [0.29, 0.717) is 6.42 Å². The van der Waals surface area contributed by atoms with Crippen molar-refractivity contribution in [2.24, 2.45) is 0 Å². The third kappa shape index (κ3) is 4.75. The molecule has 0 saturated carbocycles. The second kappa shape index (κ2) is 6.91. The van der Waals surface area contributed by atoms with Crippen LogP contribution in [0.2, 0.25) is 0 Å². The molecule has 114 valence electrons. The van der Waals surface area contributed by atoms with Gasteiger partial charge in [-0.15, -0.1) is 11.3 Å². The van der Waals surface area contributed by atoms with Crippen LogP contribution in [-0.4, -0.2) is 41.4 Å². The molecule has 0 aliphatic rings. The monoisotopic (exact) mass is 363 g/mol. The highest BCUT2D eigenvalue weighted by Crippen LogP contribution is 2.29. The molecule has 4 nitrogen and oxygen atoms in total. The molecule has 1 amide bonds. The van der Waals surface area contributed by atoms with Gasteiger partial charge in [0.2, 0.25) is 0 Å². The Morgan fingerprint density at radius 2 is 2.15 bits per heavy atom. The van der Waals surface area contributed by atoms with E-state index >= 15 is 0 Å². The van der Waals surface area contributed by atoms with Gasteiger partial charge in [-0.3, -0.25) is 0 Å². The van der Waals surface area contributed by atoms with E-state index in [-0.39, 0.29) is 12.6 Å². The van der Waals surface area contributed by atoms with Crippen LogP contribution in [0, 0.1) is 6.92 Å². The third-order valence-corrected chi connectivity index (χ3v) is 4.90. The minimum Gasteiger partial charge on any atom is -0.444 e. The lowest BCUT2D eigenvalue weighted by molar-refractivity contribution is 0.0163. The van der Waals surface area contributed by atoms with Crippen molar-refractivity contribution in [3.63, 3.8) is 0 Å². The van der Waals surface area contributed by atoms with Crippen LogP contribution in [0.4, 0.5) is 4.79 Å². The number of likely N-dealkylation sites (N-methyl/N-ethyl adjacent to an activating group) is 1. The highest BCUT2D eigenvalue weighted by Gasteiger charge is 2.26. The van der Waals surface area contributed by atoms with E-state index in [2.05, 4.69) is 21.3 Å². The second-order valence-corrected chi connectivity index (χ2v) is 8.00. The minimum atomic E-state index is -0.537. The summed E-state index contributed by atoms with van der Waals surface area (Å²) in [6, 6.07) is -0.297. The SMILES string of the molecule is Cc1csc(Br)c1CC(CO)N(C)C(=O)OC(C)(C)C. The van der Waals surface area contributed by atoms with Crippen LogP contribution >= 0.6 is 27.3 Å². The zero-order valence-corrected chi connectivity index (χ0v) is 15.0. The summed E-state index contributed by atoms with van der Waals surface area (Å²) in [7, 11) is 1.66. The van der Waals surface area contributed by atoms with Crippen LogP contribution in [-0.2, 0) is 11.2 Å². The zero-order valence-electron chi connectivity index (χ0n) is 12.6. The number of hydrogen-bond donors (Lipinski definition) is 1. The topological polar surface area (TPSA) is 49.8 Å². The van der Waals surface area contributed by atoms with Gasteiger partial charge in [0.05, 0.1) is 16.4 Å². The van der Waals surface area contributed by atoms with Crippen molar-refractivity contribution in [3.05, 3.63) is 20.3 Å². The zero-order chi connectivity index (χ0) is 15.5. The third-order valence-electron chi connectivity index (χ3n) is 2.93. The Kier molecular flexibility index (Phi) is 6.04. The summed E-state index contributed by atoms with van der Waals surface area (Å²) < 4.78 is 6.38. The van der Waals surface area contributed by atoms with Crippen LogP contribution in [0.15, 0.2) is 9.17 Å². The van der Waals surface area contributed by atoms with E-state index in [1.54, 1.807) is 18.4 Å². The Morgan fingerprint density at radius 1 is 1.55 bits per heavy atom. The Hall–Kier alpha value is -0.590. The van der Waals surface area contributed by atoms with Gasteiger partial charge in [-0.2, -0.15) is 0 Å². The number of carbonyl (C=O) groups is 1. The van der Waals surface area contributed by atoms with Gasteiger partial charge in [-0.1, -0.05) is 0 Å². The fourth-order valence-corrected chi connectivity index (χ4v) is 3.29. The number of nitrogens with zero attached hydrogens (tertiary/aromatic N) is 1. The van der Waals surface area contributed by atoms with Gasteiger partial charge in [0.25, 0.3) is 0 Å². The largest absolute Gasteiger partial charge is 0.444 e. The normalized spacial score (nSPS) is 13.2. The van der Waals surface area contributed by atoms with Crippen molar-refractivity contribution >= 4 is 33.4 Å². The predicted octanol–water partition coefficient (Wildman–Crippen LogP) is 3.59. The van der Waals surface area contributed by atoms with Crippen molar-refractivity contribution in [2.45, 2.75) is 45.8 Å². The highest BCUT2D eigenvalue weighted by molar-refractivity contribution is 9.11. The maximum absolute atomic E-state index is 12.0. The number of aliphatic hydroxyl groups is 1. The van der Waals surface area contributed by atoms with Crippen molar-refractivity contribution in [1.82, 2.24) is 4.90 Å². The number of carbonyl (C=O) groups excluding carboxylic acids is 1. The summed E-state index contributed by atoms with van der Waals surface area (Å²) in [6.45, 7) is 7.40. The van der Waals surface area contributed by atoms with E-state index in [9.17, 15) is 9.90 Å². The summed E-state index contributed by atoms with van der Waals surface area (Å²) in [5.74, 6) is 0. The second-order valence-electron chi connectivity index (χ2n) is 5.80. The molecule has 1 aromatic heterocycles. The lowest BCUT2D eigenvalue weighted by Crippen LogP contribution is -2.43. The number of amides is 1. The Labute approximate surface area is 132 Å². The standard InChI is InChI=1S/C14H22BrNO3S/c1-9-8-20-12(15)11(9)6-10(7-17)16(5)13(18)19-14(2,3)4/h8,10,17H,6-7H2,1-5H3. The van der Waals surface area contributed by atoms with Crippen LogP contribution in [0.5, 0.6) is 0 Å². The Bertz CT molecular complexity index is 448. The van der Waals surface area contributed by atoms with Gasteiger partial charge >= 0.3 is 6.09 Å². The molecule has 1 rings (SSSR count). The van der Waals surface area contributed by atoms with E-state index in [0.717, 1.165) is 14.9 Å². The molecule has 0 fully saturated rings. The highest BCUT2D eigenvalue weighted by atomic mass is 79.9. The molecule has 0 spiro atoms. The van der Waals surface area contributed by atoms with Gasteiger partial charge < -0.3 is 14.7 Å². The van der Waals surface area contributed by atoms with Gasteiger partial charge in [-0.25, -0.2) is 4.79 Å². The maximum Gasteiger partial charge on any atom is 0.410 e. The molecule has 0 aromatic carbocycles. The van der Waals surface area contributed by atoms with Crippen molar-refractivity contribution < 1.29 is 14.6 Å².